The van der Waals surface area contributed by atoms with Gasteiger partial charge < -0.3 is 15.4 Å². The predicted molar refractivity (Wildman–Crippen MR) is 120 cm³/mol. The molecule has 4 amide bonds. The minimum absolute atomic E-state index is 0.0249. The zero-order chi connectivity index (χ0) is 22.5. The van der Waals surface area contributed by atoms with Crippen molar-refractivity contribution >= 4 is 41.2 Å². The minimum Gasteiger partial charge on any atom is -0.489 e. The molecule has 8 heteroatoms. The van der Waals surface area contributed by atoms with Crippen LogP contribution in [0.4, 0.5) is 10.5 Å². The van der Waals surface area contributed by atoms with E-state index in [1.165, 1.54) is 6.08 Å². The molecule has 162 valence electrons. The van der Waals surface area contributed by atoms with Crippen LogP contribution in [0.1, 0.15) is 31.4 Å². The third kappa shape index (κ3) is 5.64. The quantitative estimate of drug-likeness (QED) is 0.493. The summed E-state index contributed by atoms with van der Waals surface area (Å²) in [5, 5.41) is 5.59. The first kappa shape index (κ1) is 22.4. The van der Waals surface area contributed by atoms with Crippen molar-refractivity contribution in [3.05, 3.63) is 64.3 Å². The number of urea groups is 1. The second kappa shape index (κ2) is 9.66. The third-order valence-corrected chi connectivity index (χ3v) is 5.03. The molecule has 1 atom stereocenters. The van der Waals surface area contributed by atoms with Gasteiger partial charge in [0.15, 0.2) is 0 Å². The van der Waals surface area contributed by atoms with Crippen LogP contribution < -0.4 is 15.4 Å². The Bertz CT molecular complexity index is 1050. The molecule has 0 aliphatic carbocycles. The monoisotopic (exact) mass is 441 g/mol. The number of carbonyl (C=O) groups excluding carboxylic acids is 3. The van der Waals surface area contributed by atoms with Gasteiger partial charge in [0, 0.05) is 5.69 Å². The molecule has 7 nitrogen and oxygen atoms in total. The van der Waals surface area contributed by atoms with Crippen molar-refractivity contribution in [2.75, 3.05) is 11.9 Å². The Hall–Kier alpha value is -3.32. The van der Waals surface area contributed by atoms with E-state index in [1.807, 2.05) is 32.9 Å². The summed E-state index contributed by atoms with van der Waals surface area (Å²) >= 11 is 6.28. The molecular formula is C23H24ClN3O4. The van der Waals surface area contributed by atoms with E-state index in [9.17, 15) is 14.4 Å². The van der Waals surface area contributed by atoms with E-state index in [0.29, 0.717) is 22.0 Å². The topological polar surface area (TPSA) is 87.7 Å². The van der Waals surface area contributed by atoms with E-state index in [4.69, 9.17) is 16.3 Å². The van der Waals surface area contributed by atoms with E-state index >= 15 is 0 Å². The number of imide groups is 1. The summed E-state index contributed by atoms with van der Waals surface area (Å²) in [6.45, 7) is 5.47. The number of amides is 4. The van der Waals surface area contributed by atoms with Crippen molar-refractivity contribution < 1.29 is 19.1 Å². The van der Waals surface area contributed by atoms with Crippen LogP contribution in [0.2, 0.25) is 5.02 Å². The van der Waals surface area contributed by atoms with Gasteiger partial charge in [-0.3, -0.25) is 9.59 Å². The lowest BCUT2D eigenvalue weighted by Crippen LogP contribution is -2.38. The molecule has 1 fully saturated rings. The van der Waals surface area contributed by atoms with Crippen LogP contribution in [0.3, 0.4) is 0 Å². The number of aryl methyl sites for hydroxylation is 1. The van der Waals surface area contributed by atoms with Crippen LogP contribution in [0, 0.1) is 6.92 Å². The summed E-state index contributed by atoms with van der Waals surface area (Å²) in [5.41, 5.74) is 2.27. The summed E-state index contributed by atoms with van der Waals surface area (Å²) < 4.78 is 5.73. The zero-order valence-electron chi connectivity index (χ0n) is 17.6. The van der Waals surface area contributed by atoms with Gasteiger partial charge >= 0.3 is 6.03 Å². The predicted octanol–water partition coefficient (Wildman–Crippen LogP) is 4.36. The second-order valence-electron chi connectivity index (χ2n) is 7.32. The van der Waals surface area contributed by atoms with Crippen LogP contribution in [-0.2, 0) is 9.59 Å². The molecule has 0 radical (unpaired) electrons. The van der Waals surface area contributed by atoms with Crippen molar-refractivity contribution in [3.8, 4) is 5.75 Å². The molecule has 1 saturated heterocycles. The highest BCUT2D eigenvalue weighted by molar-refractivity contribution is 6.32. The van der Waals surface area contributed by atoms with Gasteiger partial charge in [0.05, 0.1) is 11.1 Å². The number of halogens is 1. The van der Waals surface area contributed by atoms with Gasteiger partial charge in [-0.1, -0.05) is 36.7 Å². The fourth-order valence-electron chi connectivity index (χ4n) is 2.95. The first-order valence-corrected chi connectivity index (χ1v) is 10.3. The maximum Gasteiger partial charge on any atom is 0.329 e. The van der Waals surface area contributed by atoms with Gasteiger partial charge in [-0.25, -0.2) is 9.69 Å². The maximum absolute atomic E-state index is 12.6. The highest BCUT2D eigenvalue weighted by Gasteiger charge is 2.34. The molecule has 31 heavy (non-hydrogen) atoms. The summed E-state index contributed by atoms with van der Waals surface area (Å²) in [7, 11) is 0. The lowest BCUT2D eigenvalue weighted by Gasteiger charge is -2.14. The first-order chi connectivity index (χ1) is 14.8. The number of carbonyl (C=O) groups is 3. The third-order valence-electron chi connectivity index (χ3n) is 4.74. The van der Waals surface area contributed by atoms with Gasteiger partial charge in [-0.2, -0.15) is 0 Å². The number of hydrogen-bond acceptors (Lipinski definition) is 4. The zero-order valence-corrected chi connectivity index (χ0v) is 18.3. The molecule has 2 N–H and O–H groups in total. The Morgan fingerprint density at radius 1 is 1.26 bits per heavy atom. The molecule has 1 aliphatic heterocycles. The first-order valence-electron chi connectivity index (χ1n) is 9.94. The van der Waals surface area contributed by atoms with Crippen molar-refractivity contribution in [2.45, 2.75) is 33.3 Å². The molecule has 0 aromatic heterocycles. The van der Waals surface area contributed by atoms with E-state index in [1.54, 1.807) is 30.3 Å². The van der Waals surface area contributed by atoms with Gasteiger partial charge in [-0.15, -0.1) is 0 Å². The maximum atomic E-state index is 12.6. The molecule has 0 unspecified atom stereocenters. The minimum atomic E-state index is -0.654. The van der Waals surface area contributed by atoms with Crippen molar-refractivity contribution in [3.63, 3.8) is 0 Å². The molecule has 1 heterocycles. The van der Waals surface area contributed by atoms with E-state index in [-0.39, 0.29) is 11.8 Å². The second-order valence-corrected chi connectivity index (χ2v) is 7.73. The number of rotatable bonds is 7. The molecule has 2 aromatic carbocycles. The Labute approximate surface area is 186 Å². The fraction of sp³-hybridized carbons (Fsp3) is 0.261. The van der Waals surface area contributed by atoms with Crippen molar-refractivity contribution in [2.24, 2.45) is 0 Å². The van der Waals surface area contributed by atoms with Crippen LogP contribution >= 0.6 is 11.6 Å². The Morgan fingerprint density at radius 2 is 2.03 bits per heavy atom. The SMILES string of the molecule is CC[C@H](C)Oc1ccc(/C=C2\NC(=O)N(CC(=O)Nc3cccc(C)c3)C2=O)cc1Cl. The lowest BCUT2D eigenvalue weighted by atomic mass is 10.1. The Balaban J connectivity index is 1.68. The fourth-order valence-corrected chi connectivity index (χ4v) is 3.18. The van der Waals surface area contributed by atoms with Crippen LogP contribution in [0.25, 0.3) is 6.08 Å². The summed E-state index contributed by atoms with van der Waals surface area (Å²) in [5.74, 6) is -0.500. The number of anilines is 1. The number of hydrogen-bond donors (Lipinski definition) is 2. The van der Waals surface area contributed by atoms with Crippen molar-refractivity contribution in [1.82, 2.24) is 10.2 Å². The number of ether oxygens (including phenoxy) is 1. The molecule has 2 aromatic rings. The number of nitrogens with zero attached hydrogens (tertiary/aromatic N) is 1. The normalized spacial score (nSPS) is 15.7. The Kier molecular flexibility index (Phi) is 6.97. The van der Waals surface area contributed by atoms with Gasteiger partial charge in [0.2, 0.25) is 5.91 Å². The highest BCUT2D eigenvalue weighted by Crippen LogP contribution is 2.28. The van der Waals surface area contributed by atoms with E-state index < -0.39 is 24.4 Å². The Morgan fingerprint density at radius 3 is 2.71 bits per heavy atom. The highest BCUT2D eigenvalue weighted by atomic mass is 35.5. The van der Waals surface area contributed by atoms with E-state index in [0.717, 1.165) is 16.9 Å². The molecule has 0 bridgehead atoms. The van der Waals surface area contributed by atoms with Gasteiger partial charge in [0.25, 0.3) is 5.91 Å². The van der Waals surface area contributed by atoms with Gasteiger partial charge in [-0.05, 0) is 61.7 Å². The summed E-state index contributed by atoms with van der Waals surface area (Å²) in [6.07, 6.45) is 2.38. The molecule has 0 spiro atoms. The average molecular weight is 442 g/mol. The molecular weight excluding hydrogens is 418 g/mol. The van der Waals surface area contributed by atoms with Crippen LogP contribution in [-0.4, -0.2) is 35.4 Å². The lowest BCUT2D eigenvalue weighted by molar-refractivity contribution is -0.127. The van der Waals surface area contributed by atoms with Crippen LogP contribution in [0.15, 0.2) is 48.2 Å². The van der Waals surface area contributed by atoms with Crippen LogP contribution in [0.5, 0.6) is 5.75 Å². The summed E-state index contributed by atoms with van der Waals surface area (Å²) in [6, 6.07) is 11.7. The average Bonchev–Trinajstić information content (AvgIpc) is 2.97. The largest absolute Gasteiger partial charge is 0.489 e. The molecule has 3 rings (SSSR count). The molecule has 1 aliphatic rings. The number of nitrogens with one attached hydrogen (secondary N) is 2. The smallest absolute Gasteiger partial charge is 0.329 e. The summed E-state index contributed by atoms with van der Waals surface area (Å²) in [4.78, 5) is 38.0. The van der Waals surface area contributed by atoms with Gasteiger partial charge in [0.1, 0.15) is 18.0 Å². The molecule has 0 saturated carbocycles. The standard InChI is InChI=1S/C23H24ClN3O4/c1-4-15(3)31-20-9-8-16(11-18(20)24)12-19-22(29)27(23(30)26-19)13-21(28)25-17-7-5-6-14(2)10-17/h5-12,15H,4,13H2,1-3H3,(H,25,28)(H,26,30)/b19-12-/t15-/m0/s1. The number of benzene rings is 2. The van der Waals surface area contributed by atoms with E-state index in [2.05, 4.69) is 10.6 Å². The van der Waals surface area contributed by atoms with Crippen molar-refractivity contribution in [1.29, 1.82) is 0 Å².